The Kier molecular flexibility index (Phi) is 2.21. The molecule has 1 heterocycles. The first kappa shape index (κ1) is 7.47. The van der Waals surface area contributed by atoms with Crippen LogP contribution in [0.2, 0.25) is 0 Å². The smallest absolute Gasteiger partial charge is 0.229 e. The fourth-order valence-corrected chi connectivity index (χ4v) is 1.27. The summed E-state index contributed by atoms with van der Waals surface area (Å²) < 4.78 is 0. The lowest BCUT2D eigenvalue weighted by Gasteiger charge is -2.19. The lowest BCUT2D eigenvalue weighted by Crippen LogP contribution is -2.42. The second-order valence-electron chi connectivity index (χ2n) is 2.39. The van der Waals surface area contributed by atoms with Crippen molar-refractivity contribution in [3.05, 3.63) is 0 Å². The molecule has 1 rings (SSSR count). The molecule has 0 spiro atoms. The number of nitrogens with two attached hydrogens (primary N) is 1. The zero-order valence-electron chi connectivity index (χ0n) is 5.59. The first-order chi connectivity index (χ1) is 4.72. The second kappa shape index (κ2) is 2.96. The van der Waals surface area contributed by atoms with Crippen LogP contribution in [0.15, 0.2) is 0 Å². The van der Waals surface area contributed by atoms with Crippen molar-refractivity contribution in [2.75, 3.05) is 6.54 Å². The molecule has 4 heteroatoms. The molecule has 1 unspecified atom stereocenters. The highest BCUT2D eigenvalue weighted by Gasteiger charge is 2.23. The van der Waals surface area contributed by atoms with Gasteiger partial charge in [0, 0.05) is 6.54 Å². The van der Waals surface area contributed by atoms with Gasteiger partial charge in [-0.05, 0) is 12.8 Å². The lowest BCUT2D eigenvalue weighted by molar-refractivity contribution is -0.124. The van der Waals surface area contributed by atoms with Gasteiger partial charge in [0.1, 0.15) is 0 Å². The molecule has 0 saturated carbocycles. The van der Waals surface area contributed by atoms with E-state index in [0.29, 0.717) is 4.99 Å². The standard InChI is InChI=1S/C6H10N2OS/c7-5(10)4-2-1-3-8-6(4)9/h4H,1-3H2,(H2,7,10)(H,8,9). The maximum absolute atomic E-state index is 11.0. The summed E-state index contributed by atoms with van der Waals surface area (Å²) >= 11 is 4.71. The van der Waals surface area contributed by atoms with Crippen LogP contribution in [-0.4, -0.2) is 17.4 Å². The van der Waals surface area contributed by atoms with Gasteiger partial charge >= 0.3 is 0 Å². The van der Waals surface area contributed by atoms with E-state index in [9.17, 15) is 4.79 Å². The molecule has 1 amide bonds. The van der Waals surface area contributed by atoms with E-state index in [2.05, 4.69) is 5.32 Å². The van der Waals surface area contributed by atoms with Crippen molar-refractivity contribution in [3.8, 4) is 0 Å². The maximum Gasteiger partial charge on any atom is 0.229 e. The Morgan fingerprint density at radius 3 is 2.90 bits per heavy atom. The molecule has 1 atom stereocenters. The quantitative estimate of drug-likeness (QED) is 0.520. The van der Waals surface area contributed by atoms with Gasteiger partial charge in [-0.2, -0.15) is 0 Å². The third-order valence-corrected chi connectivity index (χ3v) is 1.91. The van der Waals surface area contributed by atoms with Crippen molar-refractivity contribution in [2.45, 2.75) is 12.8 Å². The van der Waals surface area contributed by atoms with Gasteiger partial charge in [-0.3, -0.25) is 4.79 Å². The average Bonchev–Trinajstić information content (AvgIpc) is 1.88. The third kappa shape index (κ3) is 1.44. The van der Waals surface area contributed by atoms with Crippen LogP contribution in [0.3, 0.4) is 0 Å². The topological polar surface area (TPSA) is 55.1 Å². The molecule has 56 valence electrons. The van der Waals surface area contributed by atoms with Crippen molar-refractivity contribution in [3.63, 3.8) is 0 Å². The van der Waals surface area contributed by atoms with Gasteiger partial charge in [0.15, 0.2) is 0 Å². The molecule has 0 aromatic rings. The fraction of sp³-hybridized carbons (Fsp3) is 0.667. The van der Waals surface area contributed by atoms with Crippen molar-refractivity contribution >= 4 is 23.1 Å². The van der Waals surface area contributed by atoms with E-state index in [1.54, 1.807) is 0 Å². The Morgan fingerprint density at radius 2 is 2.50 bits per heavy atom. The maximum atomic E-state index is 11.0. The number of rotatable bonds is 1. The molecule has 3 N–H and O–H groups in total. The zero-order valence-corrected chi connectivity index (χ0v) is 6.41. The van der Waals surface area contributed by atoms with Crippen molar-refractivity contribution in [2.24, 2.45) is 11.7 Å². The van der Waals surface area contributed by atoms with E-state index < -0.39 is 0 Å². The predicted molar refractivity (Wildman–Crippen MR) is 42.5 cm³/mol. The molecule has 1 aliphatic heterocycles. The molecule has 10 heavy (non-hydrogen) atoms. The van der Waals surface area contributed by atoms with Crippen LogP contribution in [0.4, 0.5) is 0 Å². The zero-order chi connectivity index (χ0) is 7.56. The molecule has 1 saturated heterocycles. The number of piperidine rings is 1. The third-order valence-electron chi connectivity index (χ3n) is 1.63. The molecule has 1 aliphatic rings. The number of carbonyl (C=O) groups excluding carboxylic acids is 1. The monoisotopic (exact) mass is 158 g/mol. The summed E-state index contributed by atoms with van der Waals surface area (Å²) in [7, 11) is 0. The molecule has 0 aromatic heterocycles. The van der Waals surface area contributed by atoms with Crippen LogP contribution in [0.1, 0.15) is 12.8 Å². The van der Waals surface area contributed by atoms with Gasteiger partial charge in [0.2, 0.25) is 5.91 Å². The van der Waals surface area contributed by atoms with Gasteiger partial charge < -0.3 is 11.1 Å². The van der Waals surface area contributed by atoms with E-state index in [1.165, 1.54) is 0 Å². The molecule has 0 radical (unpaired) electrons. The van der Waals surface area contributed by atoms with Crippen LogP contribution in [0.5, 0.6) is 0 Å². The Labute approximate surface area is 65.0 Å². The Morgan fingerprint density at radius 1 is 1.80 bits per heavy atom. The number of amides is 1. The van der Waals surface area contributed by atoms with Crippen LogP contribution in [-0.2, 0) is 4.79 Å². The average molecular weight is 158 g/mol. The van der Waals surface area contributed by atoms with Crippen molar-refractivity contribution in [1.82, 2.24) is 5.32 Å². The van der Waals surface area contributed by atoms with E-state index in [0.717, 1.165) is 19.4 Å². The number of nitrogens with one attached hydrogen (secondary N) is 1. The molecule has 0 bridgehead atoms. The first-order valence-corrected chi connectivity index (χ1v) is 3.69. The van der Waals surface area contributed by atoms with E-state index in [1.807, 2.05) is 0 Å². The van der Waals surface area contributed by atoms with E-state index >= 15 is 0 Å². The minimum absolute atomic E-state index is 0.0150. The Balaban J connectivity index is 2.56. The molecule has 0 aromatic carbocycles. The van der Waals surface area contributed by atoms with Crippen LogP contribution in [0, 0.1) is 5.92 Å². The SMILES string of the molecule is NC(=S)C1CCCNC1=O. The second-order valence-corrected chi connectivity index (χ2v) is 2.86. The Hall–Kier alpha value is -0.640. The lowest BCUT2D eigenvalue weighted by atomic mass is 9.99. The summed E-state index contributed by atoms with van der Waals surface area (Å²) in [4.78, 5) is 11.3. The number of hydrogen-bond donors (Lipinski definition) is 2. The summed E-state index contributed by atoms with van der Waals surface area (Å²) in [5.41, 5.74) is 5.33. The summed E-state index contributed by atoms with van der Waals surface area (Å²) in [5, 5.41) is 2.71. The van der Waals surface area contributed by atoms with Gasteiger partial charge in [-0.1, -0.05) is 12.2 Å². The van der Waals surface area contributed by atoms with Gasteiger partial charge in [0.05, 0.1) is 10.9 Å². The van der Waals surface area contributed by atoms with E-state index in [4.69, 9.17) is 18.0 Å². The molecule has 1 fully saturated rings. The number of carbonyl (C=O) groups is 1. The van der Waals surface area contributed by atoms with E-state index in [-0.39, 0.29) is 11.8 Å². The molecular formula is C6H10N2OS. The summed E-state index contributed by atoms with van der Waals surface area (Å²) in [6.45, 7) is 0.762. The van der Waals surface area contributed by atoms with Gasteiger partial charge in [0.25, 0.3) is 0 Å². The Bertz CT molecular complexity index is 169. The first-order valence-electron chi connectivity index (χ1n) is 3.29. The highest BCUT2D eigenvalue weighted by molar-refractivity contribution is 7.80. The van der Waals surface area contributed by atoms with Crippen molar-refractivity contribution in [1.29, 1.82) is 0 Å². The summed E-state index contributed by atoms with van der Waals surface area (Å²) in [6.07, 6.45) is 1.79. The molecular weight excluding hydrogens is 148 g/mol. The van der Waals surface area contributed by atoms with Crippen LogP contribution in [0.25, 0.3) is 0 Å². The predicted octanol–water partition coefficient (Wildman–Crippen LogP) is -0.201. The number of thiocarbonyl (C=S) groups is 1. The minimum Gasteiger partial charge on any atom is -0.393 e. The summed E-state index contributed by atoms with van der Waals surface area (Å²) in [5.74, 6) is -0.234. The highest BCUT2D eigenvalue weighted by Crippen LogP contribution is 2.10. The largest absolute Gasteiger partial charge is 0.393 e. The highest BCUT2D eigenvalue weighted by atomic mass is 32.1. The van der Waals surface area contributed by atoms with Crippen LogP contribution < -0.4 is 11.1 Å². The number of hydrogen-bond acceptors (Lipinski definition) is 2. The fourth-order valence-electron chi connectivity index (χ4n) is 1.04. The molecule has 0 aliphatic carbocycles. The summed E-state index contributed by atoms with van der Waals surface area (Å²) in [6, 6.07) is 0. The molecule has 3 nitrogen and oxygen atoms in total. The van der Waals surface area contributed by atoms with Gasteiger partial charge in [-0.15, -0.1) is 0 Å². The normalized spacial score (nSPS) is 25.6. The van der Waals surface area contributed by atoms with Gasteiger partial charge in [-0.25, -0.2) is 0 Å². The van der Waals surface area contributed by atoms with Crippen LogP contribution >= 0.6 is 12.2 Å². The minimum atomic E-state index is -0.219. The van der Waals surface area contributed by atoms with Crippen molar-refractivity contribution < 1.29 is 4.79 Å².